The first-order chi connectivity index (χ1) is 10.1. The van der Waals surface area contributed by atoms with Crippen LogP contribution < -0.4 is 10.1 Å². The van der Waals surface area contributed by atoms with Gasteiger partial charge in [0.1, 0.15) is 0 Å². The highest BCUT2D eigenvalue weighted by molar-refractivity contribution is 6.37. The van der Waals surface area contributed by atoms with Gasteiger partial charge in [0.2, 0.25) is 0 Å². The first kappa shape index (κ1) is 15.7. The van der Waals surface area contributed by atoms with E-state index in [0.717, 1.165) is 5.56 Å². The van der Waals surface area contributed by atoms with E-state index in [1.54, 1.807) is 18.2 Å². The molecule has 0 aliphatic carbocycles. The molecule has 0 unspecified atom stereocenters. The Bertz CT molecular complexity index is 597. The largest absolute Gasteiger partial charge is 0.481 e. The molecular weight excluding hydrogens is 309 g/mol. The zero-order valence-corrected chi connectivity index (χ0v) is 13.0. The smallest absolute Gasteiger partial charge is 0.258 e. The third-order valence-electron chi connectivity index (χ3n) is 2.94. The molecule has 1 N–H and O–H groups in total. The van der Waals surface area contributed by atoms with E-state index in [4.69, 9.17) is 27.9 Å². The molecule has 21 heavy (non-hydrogen) atoms. The van der Waals surface area contributed by atoms with Gasteiger partial charge < -0.3 is 10.1 Å². The zero-order chi connectivity index (χ0) is 15.2. The maximum absolute atomic E-state index is 11.9. The third kappa shape index (κ3) is 4.38. The number of ether oxygens (including phenoxy) is 1. The van der Waals surface area contributed by atoms with Crippen LogP contribution in [0.4, 0.5) is 0 Å². The lowest BCUT2D eigenvalue weighted by molar-refractivity contribution is -0.123. The second-order valence-corrected chi connectivity index (χ2v) is 5.35. The molecule has 0 bridgehead atoms. The van der Waals surface area contributed by atoms with Crippen molar-refractivity contribution in [2.45, 2.75) is 13.0 Å². The average molecular weight is 324 g/mol. The molecule has 0 spiro atoms. The molecule has 5 heteroatoms. The van der Waals surface area contributed by atoms with Crippen LogP contribution in [0.1, 0.15) is 18.5 Å². The monoisotopic (exact) mass is 323 g/mol. The fourth-order valence-electron chi connectivity index (χ4n) is 1.87. The van der Waals surface area contributed by atoms with Gasteiger partial charge in [-0.2, -0.15) is 0 Å². The molecule has 2 aromatic rings. The Balaban J connectivity index is 1.91. The van der Waals surface area contributed by atoms with E-state index in [1.165, 1.54) is 0 Å². The zero-order valence-electron chi connectivity index (χ0n) is 11.5. The molecule has 0 heterocycles. The number of carbonyl (C=O) groups is 1. The summed E-state index contributed by atoms with van der Waals surface area (Å²) in [5.41, 5.74) is 1.03. The molecular formula is C16H15Cl2NO2. The minimum atomic E-state index is -0.234. The van der Waals surface area contributed by atoms with Gasteiger partial charge in [0, 0.05) is 0 Å². The maximum atomic E-state index is 11.9. The van der Waals surface area contributed by atoms with Crippen molar-refractivity contribution in [3.05, 3.63) is 64.1 Å². The second-order valence-electron chi connectivity index (χ2n) is 4.54. The van der Waals surface area contributed by atoms with E-state index in [2.05, 4.69) is 5.32 Å². The van der Waals surface area contributed by atoms with E-state index in [1.807, 2.05) is 37.3 Å². The van der Waals surface area contributed by atoms with Crippen molar-refractivity contribution in [2.75, 3.05) is 6.61 Å². The maximum Gasteiger partial charge on any atom is 0.258 e. The predicted octanol–water partition coefficient (Wildman–Crippen LogP) is 4.25. The van der Waals surface area contributed by atoms with E-state index in [-0.39, 0.29) is 18.6 Å². The van der Waals surface area contributed by atoms with Crippen LogP contribution in [0.3, 0.4) is 0 Å². The molecule has 2 aromatic carbocycles. The molecule has 0 radical (unpaired) electrons. The number of nitrogens with one attached hydrogen (secondary N) is 1. The van der Waals surface area contributed by atoms with Gasteiger partial charge in [0.25, 0.3) is 5.91 Å². The summed E-state index contributed by atoms with van der Waals surface area (Å²) < 4.78 is 5.39. The van der Waals surface area contributed by atoms with E-state index < -0.39 is 0 Å². The molecule has 1 amide bonds. The van der Waals surface area contributed by atoms with Gasteiger partial charge in [-0.25, -0.2) is 0 Å². The summed E-state index contributed by atoms with van der Waals surface area (Å²) in [4.78, 5) is 11.9. The number of halogens is 2. The lowest BCUT2D eigenvalue weighted by Gasteiger charge is -2.15. The first-order valence-corrected chi connectivity index (χ1v) is 7.24. The molecule has 0 aliphatic rings. The number of benzene rings is 2. The van der Waals surface area contributed by atoms with Gasteiger partial charge in [0.05, 0.1) is 16.1 Å². The summed E-state index contributed by atoms with van der Waals surface area (Å²) in [6.45, 7) is 1.77. The van der Waals surface area contributed by atoms with Crippen molar-refractivity contribution >= 4 is 29.1 Å². The Kier molecular flexibility index (Phi) is 5.48. The number of hydrogen-bond donors (Lipinski definition) is 1. The molecule has 1 atom stereocenters. The van der Waals surface area contributed by atoms with Crippen LogP contribution in [0.15, 0.2) is 48.5 Å². The summed E-state index contributed by atoms with van der Waals surface area (Å²) >= 11 is 11.9. The number of carbonyl (C=O) groups excluding carboxylic acids is 1. The fraction of sp³-hybridized carbons (Fsp3) is 0.188. The quantitative estimate of drug-likeness (QED) is 0.893. The van der Waals surface area contributed by atoms with Crippen molar-refractivity contribution in [3.8, 4) is 5.75 Å². The molecule has 110 valence electrons. The lowest BCUT2D eigenvalue weighted by atomic mass is 10.1. The molecule has 0 aromatic heterocycles. The number of amides is 1. The third-order valence-corrected chi connectivity index (χ3v) is 3.54. The Morgan fingerprint density at radius 1 is 1.10 bits per heavy atom. The van der Waals surface area contributed by atoms with Gasteiger partial charge >= 0.3 is 0 Å². The highest BCUT2D eigenvalue weighted by Gasteiger charge is 2.12. The molecule has 0 fully saturated rings. The van der Waals surface area contributed by atoms with Crippen molar-refractivity contribution < 1.29 is 9.53 Å². The molecule has 0 aliphatic heterocycles. The molecule has 2 rings (SSSR count). The van der Waals surface area contributed by atoms with Crippen LogP contribution in [0, 0.1) is 0 Å². The molecule has 0 saturated carbocycles. The highest BCUT2D eigenvalue weighted by Crippen LogP contribution is 2.32. The van der Waals surface area contributed by atoms with Crippen LogP contribution in [-0.2, 0) is 4.79 Å². The summed E-state index contributed by atoms with van der Waals surface area (Å²) in [6.07, 6.45) is 0. The number of rotatable bonds is 5. The van der Waals surface area contributed by atoms with Crippen LogP contribution in [0.25, 0.3) is 0 Å². The number of hydrogen-bond acceptors (Lipinski definition) is 2. The summed E-state index contributed by atoms with van der Waals surface area (Å²) in [6, 6.07) is 14.6. The Morgan fingerprint density at radius 3 is 2.33 bits per heavy atom. The SMILES string of the molecule is C[C@H](NC(=O)COc1c(Cl)cccc1Cl)c1ccccc1. The Labute approximate surface area is 133 Å². The molecule has 0 saturated heterocycles. The van der Waals surface area contributed by atoms with E-state index in [0.29, 0.717) is 15.8 Å². The minimum Gasteiger partial charge on any atom is -0.481 e. The summed E-state index contributed by atoms with van der Waals surface area (Å²) in [7, 11) is 0. The lowest BCUT2D eigenvalue weighted by Crippen LogP contribution is -2.31. The molecule has 3 nitrogen and oxygen atoms in total. The van der Waals surface area contributed by atoms with Crippen molar-refractivity contribution in [1.82, 2.24) is 5.32 Å². The van der Waals surface area contributed by atoms with Crippen LogP contribution in [0.5, 0.6) is 5.75 Å². The predicted molar refractivity (Wildman–Crippen MR) is 85.0 cm³/mol. The van der Waals surface area contributed by atoms with Crippen LogP contribution in [0.2, 0.25) is 10.0 Å². The standard InChI is InChI=1S/C16H15Cl2NO2/c1-11(12-6-3-2-4-7-12)19-15(20)10-21-16-13(17)8-5-9-14(16)18/h2-9,11H,10H2,1H3,(H,19,20)/t11-/m0/s1. The first-order valence-electron chi connectivity index (χ1n) is 6.49. The summed E-state index contributed by atoms with van der Waals surface area (Å²) in [5, 5.41) is 3.62. The van der Waals surface area contributed by atoms with Gasteiger partial charge in [-0.3, -0.25) is 4.79 Å². The average Bonchev–Trinajstić information content (AvgIpc) is 2.47. The second kappa shape index (κ2) is 7.34. The Hall–Kier alpha value is -1.71. The van der Waals surface area contributed by atoms with Crippen molar-refractivity contribution in [3.63, 3.8) is 0 Å². The van der Waals surface area contributed by atoms with Crippen LogP contribution >= 0.6 is 23.2 Å². The van der Waals surface area contributed by atoms with E-state index in [9.17, 15) is 4.79 Å². The van der Waals surface area contributed by atoms with Gasteiger partial charge in [-0.05, 0) is 24.6 Å². The van der Waals surface area contributed by atoms with Crippen LogP contribution in [-0.4, -0.2) is 12.5 Å². The minimum absolute atomic E-state index is 0.0935. The summed E-state index contributed by atoms with van der Waals surface area (Å²) in [5.74, 6) is 0.0886. The van der Waals surface area contributed by atoms with E-state index >= 15 is 0 Å². The highest BCUT2D eigenvalue weighted by atomic mass is 35.5. The Morgan fingerprint density at radius 2 is 1.71 bits per heavy atom. The van der Waals surface area contributed by atoms with Gasteiger partial charge in [-0.15, -0.1) is 0 Å². The van der Waals surface area contributed by atoms with Crippen molar-refractivity contribution in [2.24, 2.45) is 0 Å². The fourth-order valence-corrected chi connectivity index (χ4v) is 2.37. The normalized spacial score (nSPS) is 11.8. The van der Waals surface area contributed by atoms with Gasteiger partial charge in [-0.1, -0.05) is 59.6 Å². The topological polar surface area (TPSA) is 38.3 Å². The van der Waals surface area contributed by atoms with Gasteiger partial charge in [0.15, 0.2) is 12.4 Å². The number of para-hydroxylation sites is 1. The van der Waals surface area contributed by atoms with Crippen molar-refractivity contribution in [1.29, 1.82) is 0 Å².